The van der Waals surface area contributed by atoms with Crippen molar-refractivity contribution in [2.24, 2.45) is 22.1 Å². The van der Waals surface area contributed by atoms with E-state index < -0.39 is 0 Å². The lowest BCUT2D eigenvalue weighted by Gasteiger charge is -2.39. The normalized spacial score (nSPS) is 20.6. The van der Waals surface area contributed by atoms with Gasteiger partial charge in [0.05, 0.1) is 0 Å². The molecule has 0 heterocycles. The Kier molecular flexibility index (Phi) is 7.22. The van der Waals surface area contributed by atoms with Gasteiger partial charge in [-0.25, -0.2) is 4.99 Å². The fraction of sp³-hybridized carbons (Fsp3) is 0.667. The highest BCUT2D eigenvalue weighted by Gasteiger charge is 2.33. The molecule has 0 radical (unpaired) electrons. The number of nitriles is 1. The third-order valence-corrected chi connectivity index (χ3v) is 5.01. The molecule has 1 rings (SSSR count). The monoisotopic (exact) mass is 287 g/mol. The van der Waals surface area contributed by atoms with Gasteiger partial charge in [-0.3, -0.25) is 0 Å². The highest BCUT2D eigenvalue weighted by molar-refractivity contribution is 5.95. The van der Waals surface area contributed by atoms with E-state index in [1.165, 1.54) is 50.5 Å². The van der Waals surface area contributed by atoms with Gasteiger partial charge in [-0.15, -0.1) is 6.58 Å². The summed E-state index contributed by atoms with van der Waals surface area (Å²) in [4.78, 5) is 4.08. The van der Waals surface area contributed by atoms with Gasteiger partial charge in [-0.2, -0.15) is 5.26 Å². The molecule has 3 heteroatoms. The summed E-state index contributed by atoms with van der Waals surface area (Å²) in [6, 6.07) is 1.87. The van der Waals surface area contributed by atoms with E-state index in [1.54, 1.807) is 0 Å². The Bertz CT molecular complexity index is 434. The summed E-state index contributed by atoms with van der Waals surface area (Å²) >= 11 is 0. The molecule has 1 fully saturated rings. The highest BCUT2D eigenvalue weighted by atomic mass is 14.8. The van der Waals surface area contributed by atoms with Crippen LogP contribution >= 0.6 is 0 Å². The molecule has 0 aromatic rings. The molecule has 2 N–H and O–H groups in total. The van der Waals surface area contributed by atoms with Crippen molar-refractivity contribution < 1.29 is 0 Å². The summed E-state index contributed by atoms with van der Waals surface area (Å²) < 4.78 is 0. The van der Waals surface area contributed by atoms with Gasteiger partial charge in [0.25, 0.3) is 0 Å². The first-order chi connectivity index (χ1) is 10.1. The second-order valence-electron chi connectivity index (χ2n) is 6.22. The van der Waals surface area contributed by atoms with Crippen LogP contribution in [0.15, 0.2) is 29.4 Å². The van der Waals surface area contributed by atoms with Gasteiger partial charge >= 0.3 is 0 Å². The van der Waals surface area contributed by atoms with Crippen molar-refractivity contribution in [1.29, 1.82) is 5.26 Å². The SMILES string of the molecule is C=CC(CC)CCC1(/C(C)=C/N=C(N)C#N)CCCCC1. The van der Waals surface area contributed by atoms with Crippen molar-refractivity contribution in [2.45, 2.75) is 65.2 Å². The average Bonchev–Trinajstić information content (AvgIpc) is 2.54. The van der Waals surface area contributed by atoms with Crippen LogP contribution in [0.25, 0.3) is 0 Å². The molecule has 1 atom stereocenters. The van der Waals surface area contributed by atoms with Gasteiger partial charge in [0.2, 0.25) is 5.84 Å². The average molecular weight is 287 g/mol. The van der Waals surface area contributed by atoms with Crippen LogP contribution in [0.3, 0.4) is 0 Å². The Morgan fingerprint density at radius 3 is 2.62 bits per heavy atom. The van der Waals surface area contributed by atoms with E-state index in [1.807, 2.05) is 12.3 Å². The van der Waals surface area contributed by atoms with Gasteiger partial charge in [0.1, 0.15) is 6.07 Å². The molecule has 3 nitrogen and oxygen atoms in total. The van der Waals surface area contributed by atoms with Crippen LogP contribution in [0.5, 0.6) is 0 Å². The van der Waals surface area contributed by atoms with Gasteiger partial charge in [0.15, 0.2) is 0 Å². The van der Waals surface area contributed by atoms with Crippen LogP contribution in [0.1, 0.15) is 65.2 Å². The van der Waals surface area contributed by atoms with Crippen molar-refractivity contribution >= 4 is 5.84 Å². The van der Waals surface area contributed by atoms with Crippen LogP contribution in [-0.4, -0.2) is 5.84 Å². The van der Waals surface area contributed by atoms with Crippen LogP contribution in [0.2, 0.25) is 0 Å². The lowest BCUT2D eigenvalue weighted by molar-refractivity contribution is 0.207. The number of rotatable bonds is 7. The van der Waals surface area contributed by atoms with Gasteiger partial charge in [0, 0.05) is 6.20 Å². The van der Waals surface area contributed by atoms with Crippen molar-refractivity contribution in [2.75, 3.05) is 0 Å². The van der Waals surface area contributed by atoms with E-state index in [-0.39, 0.29) is 11.3 Å². The van der Waals surface area contributed by atoms with E-state index in [4.69, 9.17) is 11.0 Å². The number of hydrogen-bond acceptors (Lipinski definition) is 2. The maximum atomic E-state index is 8.72. The molecule has 1 aliphatic rings. The number of aliphatic imine (C=N–C) groups is 1. The minimum Gasteiger partial charge on any atom is -0.375 e. The van der Waals surface area contributed by atoms with Crippen LogP contribution < -0.4 is 5.73 Å². The Morgan fingerprint density at radius 1 is 1.43 bits per heavy atom. The van der Waals surface area contributed by atoms with Crippen molar-refractivity contribution in [3.8, 4) is 6.07 Å². The summed E-state index contributed by atoms with van der Waals surface area (Å²) in [5.74, 6) is 0.641. The number of allylic oxidation sites excluding steroid dienone is 2. The molecule has 0 amide bonds. The summed E-state index contributed by atoms with van der Waals surface area (Å²) in [6.07, 6.45) is 13.8. The molecular formula is C18H29N3. The first-order valence-corrected chi connectivity index (χ1v) is 8.11. The highest BCUT2D eigenvalue weighted by Crippen LogP contribution is 2.46. The molecule has 0 aliphatic heterocycles. The van der Waals surface area contributed by atoms with Gasteiger partial charge < -0.3 is 5.73 Å². The lowest BCUT2D eigenvalue weighted by atomic mass is 9.66. The minimum absolute atomic E-state index is 0.0397. The molecule has 0 bridgehead atoms. The Hall–Kier alpha value is -1.56. The zero-order valence-electron chi connectivity index (χ0n) is 13.6. The number of nitrogens with two attached hydrogens (primary N) is 1. The summed E-state index contributed by atoms with van der Waals surface area (Å²) in [6.45, 7) is 8.31. The van der Waals surface area contributed by atoms with Crippen molar-refractivity contribution in [3.05, 3.63) is 24.4 Å². The lowest BCUT2D eigenvalue weighted by Crippen LogP contribution is -2.26. The smallest absolute Gasteiger partial charge is 0.203 e. The van der Waals surface area contributed by atoms with Crippen LogP contribution in [0.4, 0.5) is 0 Å². The molecule has 0 aromatic carbocycles. The van der Waals surface area contributed by atoms with Gasteiger partial charge in [-0.05, 0) is 55.9 Å². The van der Waals surface area contributed by atoms with Crippen LogP contribution in [-0.2, 0) is 0 Å². The van der Waals surface area contributed by atoms with Gasteiger partial charge in [-0.1, -0.05) is 32.3 Å². The second kappa shape index (κ2) is 8.67. The van der Waals surface area contributed by atoms with E-state index in [2.05, 4.69) is 31.5 Å². The molecular weight excluding hydrogens is 258 g/mol. The van der Waals surface area contributed by atoms with E-state index >= 15 is 0 Å². The zero-order valence-corrected chi connectivity index (χ0v) is 13.6. The number of amidine groups is 1. The Morgan fingerprint density at radius 2 is 2.10 bits per heavy atom. The molecule has 0 spiro atoms. The topological polar surface area (TPSA) is 62.2 Å². The minimum atomic E-state index is 0.0397. The van der Waals surface area contributed by atoms with Crippen LogP contribution in [0, 0.1) is 22.7 Å². The maximum absolute atomic E-state index is 8.72. The summed E-state index contributed by atoms with van der Waals surface area (Å²) in [5, 5.41) is 8.72. The first-order valence-electron chi connectivity index (χ1n) is 8.11. The third-order valence-electron chi connectivity index (χ3n) is 5.01. The number of nitrogens with zero attached hydrogens (tertiary/aromatic N) is 2. The van der Waals surface area contributed by atoms with E-state index in [0.717, 1.165) is 6.42 Å². The number of hydrogen-bond donors (Lipinski definition) is 1. The van der Waals surface area contributed by atoms with E-state index in [9.17, 15) is 0 Å². The standard InChI is InChI=1S/C18H29N3/c1-4-16(5-2)9-12-18(10-7-6-8-11-18)15(3)14-21-17(20)13-19/h4,14,16H,1,5-12H2,2-3H3,(H2,20,21)/b15-14+. The van der Waals surface area contributed by atoms with E-state index in [0.29, 0.717) is 5.92 Å². The fourth-order valence-corrected chi connectivity index (χ4v) is 3.35. The molecule has 0 aromatic heterocycles. The van der Waals surface area contributed by atoms with Crippen molar-refractivity contribution in [3.63, 3.8) is 0 Å². The maximum Gasteiger partial charge on any atom is 0.203 e. The predicted octanol–water partition coefficient (Wildman–Crippen LogP) is 4.71. The molecule has 1 unspecified atom stereocenters. The third kappa shape index (κ3) is 5.04. The molecule has 116 valence electrons. The molecule has 1 saturated carbocycles. The Labute approximate surface area is 129 Å². The zero-order chi connectivity index (χ0) is 15.7. The molecule has 1 aliphatic carbocycles. The summed E-state index contributed by atoms with van der Waals surface area (Å²) in [5.41, 5.74) is 7.01. The first kappa shape index (κ1) is 17.5. The van der Waals surface area contributed by atoms with Crippen molar-refractivity contribution in [1.82, 2.24) is 0 Å². The summed E-state index contributed by atoms with van der Waals surface area (Å²) in [7, 11) is 0. The molecule has 0 saturated heterocycles. The molecule has 21 heavy (non-hydrogen) atoms. The quantitative estimate of drug-likeness (QED) is 0.418. The largest absolute Gasteiger partial charge is 0.375 e. The predicted molar refractivity (Wildman–Crippen MR) is 89.7 cm³/mol. The second-order valence-corrected chi connectivity index (χ2v) is 6.22. The Balaban J connectivity index is 2.87. The fourth-order valence-electron chi connectivity index (χ4n) is 3.35.